The standard InChI is InChI=1S/C36H60O7/c1-3-5-7-8-9-10-11-12-13-19-23-36(41)43-32(28-37)29-42-35(40)22-18-15-14-17-20-30-24-27-34(39)33(30)26-25-31(38)21-16-6-4-2/h14,17,24-27,30-33,37-38H,3-13,15-16,18-23,28-29H2,1-2H3/b17-14-,26-25+/t30-,31-,32-,33+/m0/s1. The van der Waals surface area contributed by atoms with E-state index in [2.05, 4.69) is 13.8 Å². The summed E-state index contributed by atoms with van der Waals surface area (Å²) in [5, 5.41) is 19.6. The van der Waals surface area contributed by atoms with Crippen molar-refractivity contribution in [3.05, 3.63) is 36.5 Å². The fourth-order valence-electron chi connectivity index (χ4n) is 5.19. The number of ether oxygens (including phenoxy) is 2. The van der Waals surface area contributed by atoms with Gasteiger partial charge in [-0.1, -0.05) is 121 Å². The molecule has 2 N–H and O–H groups in total. The Morgan fingerprint density at radius 1 is 0.860 bits per heavy atom. The third kappa shape index (κ3) is 20.4. The van der Waals surface area contributed by atoms with Crippen LogP contribution in [0.1, 0.15) is 136 Å². The summed E-state index contributed by atoms with van der Waals surface area (Å²) in [6.07, 6.45) is 28.2. The van der Waals surface area contributed by atoms with E-state index in [0.717, 1.165) is 51.4 Å². The number of carbonyl (C=O) groups is 3. The summed E-state index contributed by atoms with van der Waals surface area (Å²) in [7, 11) is 0. The molecule has 7 heteroatoms. The van der Waals surface area contributed by atoms with Crippen LogP contribution in [0.4, 0.5) is 0 Å². The number of ketones is 1. The van der Waals surface area contributed by atoms with Crippen molar-refractivity contribution < 1.29 is 34.1 Å². The largest absolute Gasteiger partial charge is 0.462 e. The molecule has 0 heterocycles. The minimum Gasteiger partial charge on any atom is -0.462 e. The Morgan fingerprint density at radius 3 is 2.16 bits per heavy atom. The third-order valence-electron chi connectivity index (χ3n) is 7.93. The molecule has 0 saturated carbocycles. The van der Waals surface area contributed by atoms with Crippen molar-refractivity contribution in [3.8, 4) is 0 Å². The molecule has 0 saturated heterocycles. The van der Waals surface area contributed by atoms with Gasteiger partial charge in [0.25, 0.3) is 0 Å². The minimum absolute atomic E-state index is 0.0730. The van der Waals surface area contributed by atoms with Gasteiger partial charge in [0.05, 0.1) is 12.7 Å². The van der Waals surface area contributed by atoms with Gasteiger partial charge in [-0.2, -0.15) is 0 Å². The van der Waals surface area contributed by atoms with Crippen LogP contribution < -0.4 is 0 Å². The van der Waals surface area contributed by atoms with Gasteiger partial charge in [0.1, 0.15) is 6.61 Å². The highest BCUT2D eigenvalue weighted by Gasteiger charge is 2.27. The summed E-state index contributed by atoms with van der Waals surface area (Å²) in [5.41, 5.74) is 0. The maximum absolute atomic E-state index is 12.2. The predicted octanol–water partition coefficient (Wildman–Crippen LogP) is 7.73. The van der Waals surface area contributed by atoms with E-state index in [9.17, 15) is 24.6 Å². The van der Waals surface area contributed by atoms with Gasteiger partial charge in [-0.25, -0.2) is 0 Å². The number of unbranched alkanes of at least 4 members (excludes halogenated alkanes) is 12. The van der Waals surface area contributed by atoms with Crippen molar-refractivity contribution in [3.63, 3.8) is 0 Å². The van der Waals surface area contributed by atoms with Gasteiger partial charge < -0.3 is 19.7 Å². The van der Waals surface area contributed by atoms with Gasteiger partial charge in [-0.05, 0) is 44.1 Å². The summed E-state index contributed by atoms with van der Waals surface area (Å²) >= 11 is 0. The number of hydrogen-bond donors (Lipinski definition) is 2. The van der Waals surface area contributed by atoms with Crippen molar-refractivity contribution in [1.29, 1.82) is 0 Å². The van der Waals surface area contributed by atoms with Gasteiger partial charge >= 0.3 is 11.9 Å². The first-order chi connectivity index (χ1) is 20.9. The molecule has 0 radical (unpaired) electrons. The van der Waals surface area contributed by atoms with E-state index in [1.807, 2.05) is 24.3 Å². The van der Waals surface area contributed by atoms with Crippen molar-refractivity contribution in [2.45, 2.75) is 148 Å². The van der Waals surface area contributed by atoms with Crippen LogP contribution in [0.3, 0.4) is 0 Å². The molecule has 0 amide bonds. The molecular weight excluding hydrogens is 544 g/mol. The Balaban J connectivity index is 2.15. The molecule has 246 valence electrons. The van der Waals surface area contributed by atoms with E-state index < -0.39 is 12.2 Å². The lowest BCUT2D eigenvalue weighted by atomic mass is 9.90. The SMILES string of the molecule is CCCCCCCCCCCCC(=O)O[C@@H](CO)COC(=O)CCC/C=C\C[C@H]1C=CC(=O)[C@@H]1/C=C/[C@@H](O)CCCCC. The number of carbonyl (C=O) groups excluding carboxylic acids is 3. The molecule has 0 bridgehead atoms. The van der Waals surface area contributed by atoms with Crippen LogP contribution >= 0.6 is 0 Å². The topological polar surface area (TPSA) is 110 Å². The summed E-state index contributed by atoms with van der Waals surface area (Å²) in [6, 6.07) is 0. The molecule has 0 unspecified atom stereocenters. The first-order valence-corrected chi connectivity index (χ1v) is 17.1. The number of aliphatic hydroxyl groups excluding tert-OH is 2. The summed E-state index contributed by atoms with van der Waals surface area (Å²) < 4.78 is 10.5. The van der Waals surface area contributed by atoms with Crippen molar-refractivity contribution in [1.82, 2.24) is 0 Å². The number of esters is 2. The van der Waals surface area contributed by atoms with E-state index in [0.29, 0.717) is 19.3 Å². The maximum atomic E-state index is 12.2. The quantitative estimate of drug-likeness (QED) is 0.0561. The van der Waals surface area contributed by atoms with Gasteiger partial charge in [0.15, 0.2) is 11.9 Å². The van der Waals surface area contributed by atoms with Crippen LogP contribution in [0.2, 0.25) is 0 Å². The van der Waals surface area contributed by atoms with Gasteiger partial charge in [0, 0.05) is 18.8 Å². The smallest absolute Gasteiger partial charge is 0.306 e. The Morgan fingerprint density at radius 2 is 1.49 bits per heavy atom. The molecule has 43 heavy (non-hydrogen) atoms. The monoisotopic (exact) mass is 604 g/mol. The fraction of sp³-hybridized carbons (Fsp3) is 0.750. The van der Waals surface area contributed by atoms with Crippen molar-refractivity contribution >= 4 is 17.7 Å². The first kappa shape index (κ1) is 38.8. The molecule has 1 rings (SSSR count). The van der Waals surface area contributed by atoms with Crippen LogP contribution in [0.25, 0.3) is 0 Å². The zero-order chi connectivity index (χ0) is 31.5. The highest BCUT2D eigenvalue weighted by Crippen LogP contribution is 2.27. The Bertz CT molecular complexity index is 831. The van der Waals surface area contributed by atoms with Crippen LogP contribution in [0.15, 0.2) is 36.5 Å². The Hall–Kier alpha value is -2.25. The average molecular weight is 605 g/mol. The molecular formula is C36H60O7. The molecule has 0 spiro atoms. The molecule has 0 fully saturated rings. The van der Waals surface area contributed by atoms with Crippen LogP contribution in [0.5, 0.6) is 0 Å². The predicted molar refractivity (Wildman–Crippen MR) is 172 cm³/mol. The van der Waals surface area contributed by atoms with Gasteiger partial charge in [-0.15, -0.1) is 0 Å². The van der Waals surface area contributed by atoms with Gasteiger partial charge in [-0.3, -0.25) is 14.4 Å². The van der Waals surface area contributed by atoms with E-state index in [4.69, 9.17) is 9.47 Å². The van der Waals surface area contributed by atoms with Crippen molar-refractivity contribution in [2.75, 3.05) is 13.2 Å². The zero-order valence-corrected chi connectivity index (χ0v) is 27.1. The molecule has 1 aliphatic rings. The molecule has 4 atom stereocenters. The zero-order valence-electron chi connectivity index (χ0n) is 27.1. The highest BCUT2D eigenvalue weighted by molar-refractivity contribution is 5.95. The van der Waals surface area contributed by atoms with Crippen LogP contribution in [0, 0.1) is 11.8 Å². The average Bonchev–Trinajstić information content (AvgIpc) is 3.35. The van der Waals surface area contributed by atoms with Gasteiger partial charge in [0.2, 0.25) is 0 Å². The lowest BCUT2D eigenvalue weighted by molar-refractivity contribution is -0.161. The Kier molecular flexibility index (Phi) is 23.6. The molecule has 7 nitrogen and oxygen atoms in total. The fourth-order valence-corrected chi connectivity index (χ4v) is 5.19. The van der Waals surface area contributed by atoms with E-state index in [1.165, 1.54) is 44.9 Å². The van der Waals surface area contributed by atoms with E-state index >= 15 is 0 Å². The molecule has 0 aromatic rings. The third-order valence-corrected chi connectivity index (χ3v) is 7.93. The lowest BCUT2D eigenvalue weighted by Crippen LogP contribution is -2.28. The van der Waals surface area contributed by atoms with Crippen molar-refractivity contribution in [2.24, 2.45) is 11.8 Å². The lowest BCUT2D eigenvalue weighted by Gasteiger charge is -2.15. The molecule has 0 aromatic heterocycles. The normalized spacial score (nSPS) is 18.1. The molecule has 0 aromatic carbocycles. The number of hydrogen-bond acceptors (Lipinski definition) is 7. The molecule has 0 aliphatic heterocycles. The first-order valence-electron chi connectivity index (χ1n) is 17.1. The second-order valence-corrected chi connectivity index (χ2v) is 11.9. The highest BCUT2D eigenvalue weighted by atomic mass is 16.6. The molecule has 1 aliphatic carbocycles. The number of aliphatic hydroxyl groups is 2. The Labute approximate surface area is 261 Å². The summed E-state index contributed by atoms with van der Waals surface area (Å²) in [5.74, 6) is -0.826. The number of allylic oxidation sites excluding steroid dienone is 5. The summed E-state index contributed by atoms with van der Waals surface area (Å²) in [6.45, 7) is 3.83. The van der Waals surface area contributed by atoms with E-state index in [1.54, 1.807) is 12.2 Å². The van der Waals surface area contributed by atoms with Crippen LogP contribution in [-0.2, 0) is 23.9 Å². The minimum atomic E-state index is -0.832. The summed E-state index contributed by atoms with van der Waals surface area (Å²) in [4.78, 5) is 36.4. The van der Waals surface area contributed by atoms with E-state index in [-0.39, 0.29) is 49.2 Å². The maximum Gasteiger partial charge on any atom is 0.306 e. The second kappa shape index (κ2) is 26.2. The number of rotatable bonds is 27. The second-order valence-electron chi connectivity index (χ2n) is 11.9. The van der Waals surface area contributed by atoms with Crippen LogP contribution in [-0.4, -0.2) is 53.4 Å².